The lowest BCUT2D eigenvalue weighted by Crippen LogP contribution is -2.39. The molecule has 1 amide bonds. The first-order valence-corrected chi connectivity index (χ1v) is 8.68. The summed E-state index contributed by atoms with van der Waals surface area (Å²) >= 11 is 0. The maximum absolute atomic E-state index is 14.5. The molecule has 0 bridgehead atoms. The Morgan fingerprint density at radius 1 is 1.25 bits per heavy atom. The van der Waals surface area contributed by atoms with Gasteiger partial charge in [0.1, 0.15) is 5.82 Å². The second-order valence-corrected chi connectivity index (χ2v) is 6.49. The Morgan fingerprint density at radius 3 is 2.71 bits per heavy atom. The van der Waals surface area contributed by atoms with Crippen LogP contribution in [0, 0.1) is 5.82 Å². The molecule has 5 nitrogen and oxygen atoms in total. The van der Waals surface area contributed by atoms with E-state index in [4.69, 9.17) is 9.47 Å². The van der Waals surface area contributed by atoms with E-state index in [-0.39, 0.29) is 18.3 Å². The van der Waals surface area contributed by atoms with Crippen molar-refractivity contribution in [3.63, 3.8) is 0 Å². The number of rotatable bonds is 4. The summed E-state index contributed by atoms with van der Waals surface area (Å²) in [6, 6.07) is 5.23. The Balaban J connectivity index is 1.64. The largest absolute Gasteiger partial charge is 0.376 e. The second-order valence-electron chi connectivity index (χ2n) is 6.49. The molecule has 2 aliphatic rings. The number of nitrogens with zero attached hydrogens (tertiary/aromatic N) is 1. The second kappa shape index (κ2) is 7.94. The fourth-order valence-electron chi connectivity index (χ4n) is 3.40. The van der Waals surface area contributed by atoms with Crippen LogP contribution >= 0.6 is 0 Å². The molecule has 1 saturated carbocycles. The predicted octanol–water partition coefficient (Wildman–Crippen LogP) is 2.95. The first kappa shape index (κ1) is 17.2. The Morgan fingerprint density at radius 2 is 2.04 bits per heavy atom. The van der Waals surface area contributed by atoms with E-state index >= 15 is 0 Å². The van der Waals surface area contributed by atoms with Crippen molar-refractivity contribution in [2.75, 3.05) is 37.1 Å². The number of benzene rings is 1. The van der Waals surface area contributed by atoms with E-state index in [1.54, 1.807) is 12.1 Å². The number of ether oxygens (including phenoxy) is 2. The molecule has 1 saturated heterocycles. The molecule has 132 valence electrons. The number of anilines is 2. The summed E-state index contributed by atoms with van der Waals surface area (Å²) < 4.78 is 25.1. The predicted molar refractivity (Wildman–Crippen MR) is 90.9 cm³/mol. The molecule has 6 heteroatoms. The summed E-state index contributed by atoms with van der Waals surface area (Å²) in [5.74, 6) is -0.621. The fourth-order valence-corrected chi connectivity index (χ4v) is 3.40. The highest BCUT2D eigenvalue weighted by atomic mass is 19.1. The summed E-state index contributed by atoms with van der Waals surface area (Å²) in [6.07, 6.45) is 5.25. The highest BCUT2D eigenvalue weighted by Gasteiger charge is 2.24. The molecule has 1 unspecified atom stereocenters. The van der Waals surface area contributed by atoms with Crippen LogP contribution in [0.2, 0.25) is 0 Å². The Labute approximate surface area is 142 Å². The van der Waals surface area contributed by atoms with Crippen molar-refractivity contribution in [2.24, 2.45) is 0 Å². The van der Waals surface area contributed by atoms with Crippen molar-refractivity contribution in [3.8, 4) is 0 Å². The zero-order valence-corrected chi connectivity index (χ0v) is 14.1. The van der Waals surface area contributed by atoms with Crippen LogP contribution in [0.15, 0.2) is 18.2 Å². The molecule has 1 atom stereocenters. The normalized spacial score (nSPS) is 22.2. The molecule has 24 heavy (non-hydrogen) atoms. The number of carbonyl (C=O) groups is 1. The van der Waals surface area contributed by atoms with E-state index in [1.165, 1.54) is 25.3 Å². The van der Waals surface area contributed by atoms with Crippen LogP contribution in [0.5, 0.6) is 0 Å². The molecule has 0 spiro atoms. The smallest absolute Gasteiger partial charge is 0.255 e. The average molecular weight is 336 g/mol. The van der Waals surface area contributed by atoms with E-state index in [1.807, 2.05) is 11.9 Å². The SMILES string of the molecule is CN(c1ccc(NC(=O)C2COCCO2)cc1F)C1CCCCC1. The van der Waals surface area contributed by atoms with E-state index in [2.05, 4.69) is 5.32 Å². The molecule has 1 aromatic rings. The molecule has 0 aromatic heterocycles. The standard InChI is InChI=1S/C18H25FN2O3/c1-21(14-5-3-2-4-6-14)16-8-7-13(11-15(16)19)20-18(22)17-12-23-9-10-24-17/h7-8,11,14,17H,2-6,9-10,12H2,1H3,(H,20,22). The summed E-state index contributed by atoms with van der Waals surface area (Å²) in [6.45, 7) is 1.13. The summed E-state index contributed by atoms with van der Waals surface area (Å²) in [7, 11) is 1.94. The van der Waals surface area contributed by atoms with Gasteiger partial charge in [-0.3, -0.25) is 4.79 Å². The third-order valence-corrected chi connectivity index (χ3v) is 4.83. The number of hydrogen-bond donors (Lipinski definition) is 1. The van der Waals surface area contributed by atoms with Gasteiger partial charge in [-0.25, -0.2) is 4.39 Å². The number of nitrogens with one attached hydrogen (secondary N) is 1. The molecule has 1 aliphatic heterocycles. The van der Waals surface area contributed by atoms with E-state index in [9.17, 15) is 9.18 Å². The van der Waals surface area contributed by atoms with Gasteiger partial charge in [0.2, 0.25) is 0 Å². The van der Waals surface area contributed by atoms with Crippen LogP contribution in [0.1, 0.15) is 32.1 Å². The Kier molecular flexibility index (Phi) is 5.68. The van der Waals surface area contributed by atoms with Crippen molar-refractivity contribution < 1.29 is 18.7 Å². The third-order valence-electron chi connectivity index (χ3n) is 4.83. The molecule has 0 radical (unpaired) electrons. The molecule has 2 fully saturated rings. The number of amides is 1. The number of halogens is 1. The fraction of sp³-hybridized carbons (Fsp3) is 0.611. The lowest BCUT2D eigenvalue weighted by atomic mass is 9.94. The quantitative estimate of drug-likeness (QED) is 0.918. The van der Waals surface area contributed by atoms with E-state index < -0.39 is 6.10 Å². The third kappa shape index (κ3) is 4.05. The van der Waals surface area contributed by atoms with Crippen molar-refractivity contribution in [1.29, 1.82) is 0 Å². The minimum atomic E-state index is -0.633. The topological polar surface area (TPSA) is 50.8 Å². The van der Waals surface area contributed by atoms with Crippen molar-refractivity contribution in [3.05, 3.63) is 24.0 Å². The summed E-state index contributed by atoms with van der Waals surface area (Å²) in [4.78, 5) is 14.1. The molecule has 3 rings (SSSR count). The Hall–Kier alpha value is -1.66. The maximum Gasteiger partial charge on any atom is 0.255 e. The molecule has 1 aliphatic carbocycles. The van der Waals surface area contributed by atoms with Crippen LogP contribution in [0.3, 0.4) is 0 Å². The van der Waals surface area contributed by atoms with E-state index in [0.717, 1.165) is 12.8 Å². The van der Waals surface area contributed by atoms with Gasteiger partial charge < -0.3 is 19.7 Å². The average Bonchev–Trinajstić information content (AvgIpc) is 2.63. The first-order chi connectivity index (χ1) is 11.6. The van der Waals surface area contributed by atoms with Gasteiger partial charge in [-0.2, -0.15) is 0 Å². The molecule has 1 aromatic carbocycles. The van der Waals surface area contributed by atoms with Crippen LogP contribution in [-0.4, -0.2) is 44.9 Å². The highest BCUT2D eigenvalue weighted by Crippen LogP contribution is 2.29. The number of hydrogen-bond acceptors (Lipinski definition) is 4. The van der Waals surface area contributed by atoms with Gasteiger partial charge in [0.15, 0.2) is 6.10 Å². The number of carbonyl (C=O) groups excluding carboxylic acids is 1. The summed E-state index contributed by atoms with van der Waals surface area (Å²) in [5, 5.41) is 2.70. The molecular formula is C18H25FN2O3. The molecule has 1 N–H and O–H groups in total. The Bertz CT molecular complexity index is 569. The van der Waals surface area contributed by atoms with Crippen molar-refractivity contribution in [2.45, 2.75) is 44.2 Å². The van der Waals surface area contributed by atoms with Crippen LogP contribution in [0.25, 0.3) is 0 Å². The van der Waals surface area contributed by atoms with Gasteiger partial charge >= 0.3 is 0 Å². The van der Waals surface area contributed by atoms with Crippen molar-refractivity contribution in [1.82, 2.24) is 0 Å². The summed E-state index contributed by atoms with van der Waals surface area (Å²) in [5.41, 5.74) is 1.02. The highest BCUT2D eigenvalue weighted by molar-refractivity contribution is 5.94. The minimum Gasteiger partial charge on any atom is -0.376 e. The first-order valence-electron chi connectivity index (χ1n) is 8.68. The van der Waals surface area contributed by atoms with Gasteiger partial charge in [0.25, 0.3) is 5.91 Å². The van der Waals surface area contributed by atoms with Gasteiger partial charge in [-0.15, -0.1) is 0 Å². The van der Waals surface area contributed by atoms with Crippen molar-refractivity contribution >= 4 is 17.3 Å². The zero-order chi connectivity index (χ0) is 16.9. The lowest BCUT2D eigenvalue weighted by molar-refractivity contribution is -0.142. The van der Waals surface area contributed by atoms with Gasteiger partial charge in [0, 0.05) is 18.8 Å². The lowest BCUT2D eigenvalue weighted by Gasteiger charge is -2.33. The zero-order valence-electron chi connectivity index (χ0n) is 14.1. The van der Waals surface area contributed by atoms with E-state index in [0.29, 0.717) is 30.6 Å². The maximum atomic E-state index is 14.5. The molecular weight excluding hydrogens is 311 g/mol. The molecule has 1 heterocycles. The van der Waals surface area contributed by atoms with Gasteiger partial charge in [-0.1, -0.05) is 19.3 Å². The monoisotopic (exact) mass is 336 g/mol. The van der Waals surface area contributed by atoms with Gasteiger partial charge in [-0.05, 0) is 31.0 Å². The van der Waals surface area contributed by atoms with Gasteiger partial charge in [0.05, 0.1) is 25.5 Å². The van der Waals surface area contributed by atoms with Crippen LogP contribution in [0.4, 0.5) is 15.8 Å². The van der Waals surface area contributed by atoms with Crippen LogP contribution < -0.4 is 10.2 Å². The van der Waals surface area contributed by atoms with Crippen LogP contribution in [-0.2, 0) is 14.3 Å². The minimum absolute atomic E-state index is 0.233.